The molecule has 0 amide bonds. The molecule has 0 aliphatic heterocycles. The zero-order chi connectivity index (χ0) is 11.5. The van der Waals surface area contributed by atoms with Crippen LogP contribution in [0, 0.1) is 6.92 Å². The number of hydrogen-bond donors (Lipinski definition) is 1. The highest BCUT2D eigenvalue weighted by atomic mass is 16.5. The fraction of sp³-hybridized carbons (Fsp3) is 0.417. The minimum atomic E-state index is -0.221. The lowest BCUT2D eigenvalue weighted by Crippen LogP contribution is -2.23. The van der Waals surface area contributed by atoms with Crippen LogP contribution in [0.5, 0.6) is 5.75 Å². The van der Waals surface area contributed by atoms with Gasteiger partial charge in [-0.3, -0.25) is 0 Å². The molecule has 0 aromatic heterocycles. The molecule has 1 N–H and O–H groups in total. The molecule has 0 radical (unpaired) electrons. The lowest BCUT2D eigenvalue weighted by atomic mass is 10.1. The fourth-order valence-corrected chi connectivity index (χ4v) is 1.33. The van der Waals surface area contributed by atoms with Crippen molar-refractivity contribution in [3.05, 3.63) is 29.3 Å². The second-order valence-electron chi connectivity index (χ2n) is 4.54. The van der Waals surface area contributed by atoms with Crippen LogP contribution < -0.4 is 4.74 Å². The first-order chi connectivity index (χ1) is 6.90. The van der Waals surface area contributed by atoms with Gasteiger partial charge in [0, 0.05) is 0 Å². The van der Waals surface area contributed by atoms with Gasteiger partial charge in [0.2, 0.25) is 0 Å². The minimum absolute atomic E-state index is 0.221. The van der Waals surface area contributed by atoms with Gasteiger partial charge in [-0.1, -0.05) is 11.2 Å². The van der Waals surface area contributed by atoms with E-state index in [2.05, 4.69) is 5.16 Å². The highest BCUT2D eigenvalue weighted by Gasteiger charge is 2.12. The number of nitrogens with zero attached hydrogens (tertiary/aromatic N) is 1. The Morgan fingerprint density at radius 1 is 1.27 bits per heavy atom. The summed E-state index contributed by atoms with van der Waals surface area (Å²) in [7, 11) is 0. The van der Waals surface area contributed by atoms with E-state index in [4.69, 9.17) is 9.94 Å². The van der Waals surface area contributed by atoms with Gasteiger partial charge < -0.3 is 9.94 Å². The Morgan fingerprint density at radius 3 is 2.47 bits per heavy atom. The number of benzene rings is 1. The summed E-state index contributed by atoms with van der Waals surface area (Å²) in [6.45, 7) is 7.96. The summed E-state index contributed by atoms with van der Waals surface area (Å²) in [5.74, 6) is 0.789. The summed E-state index contributed by atoms with van der Waals surface area (Å²) in [6, 6.07) is 5.73. The highest BCUT2D eigenvalue weighted by molar-refractivity contribution is 5.80. The molecule has 1 aromatic carbocycles. The van der Waals surface area contributed by atoms with E-state index >= 15 is 0 Å². The highest BCUT2D eigenvalue weighted by Crippen LogP contribution is 2.20. The van der Waals surface area contributed by atoms with E-state index < -0.39 is 0 Å². The molecule has 0 saturated heterocycles. The van der Waals surface area contributed by atoms with E-state index in [0.29, 0.717) is 0 Å². The molecule has 82 valence electrons. The van der Waals surface area contributed by atoms with Crippen LogP contribution >= 0.6 is 0 Å². The van der Waals surface area contributed by atoms with Crippen molar-refractivity contribution in [3.63, 3.8) is 0 Å². The summed E-state index contributed by atoms with van der Waals surface area (Å²) < 4.78 is 5.73. The molecular weight excluding hydrogens is 190 g/mol. The molecule has 1 rings (SSSR count). The number of aryl methyl sites for hydroxylation is 1. The monoisotopic (exact) mass is 207 g/mol. The maximum atomic E-state index is 8.46. The molecular formula is C12H17NO2. The van der Waals surface area contributed by atoms with Crippen LogP contribution in [0.3, 0.4) is 0 Å². The summed E-state index contributed by atoms with van der Waals surface area (Å²) in [5.41, 5.74) is 1.69. The molecule has 3 heteroatoms. The van der Waals surface area contributed by atoms with Gasteiger partial charge in [0.15, 0.2) is 0 Å². The van der Waals surface area contributed by atoms with Crippen LogP contribution in [0.1, 0.15) is 31.9 Å². The van der Waals surface area contributed by atoms with E-state index in [9.17, 15) is 0 Å². The Bertz CT molecular complexity index is 364. The maximum Gasteiger partial charge on any atom is 0.121 e. The zero-order valence-electron chi connectivity index (χ0n) is 9.61. The largest absolute Gasteiger partial charge is 0.488 e. The SMILES string of the molecule is Cc1cc(/C=N/O)cc(OC(C)(C)C)c1. The van der Waals surface area contributed by atoms with Crippen LogP contribution in [-0.4, -0.2) is 17.0 Å². The lowest BCUT2D eigenvalue weighted by Gasteiger charge is -2.21. The molecule has 0 fully saturated rings. The van der Waals surface area contributed by atoms with Crippen LogP contribution in [0.2, 0.25) is 0 Å². The number of oxime groups is 1. The molecule has 0 heterocycles. The lowest BCUT2D eigenvalue weighted by molar-refractivity contribution is 0.131. The first-order valence-electron chi connectivity index (χ1n) is 4.89. The molecule has 0 spiro atoms. The normalized spacial score (nSPS) is 12.0. The molecule has 0 unspecified atom stereocenters. The second kappa shape index (κ2) is 4.34. The van der Waals surface area contributed by atoms with Crippen LogP contribution in [0.4, 0.5) is 0 Å². The third-order valence-electron chi connectivity index (χ3n) is 1.70. The van der Waals surface area contributed by atoms with Crippen molar-refractivity contribution in [1.82, 2.24) is 0 Å². The standard InChI is InChI=1S/C12H17NO2/c1-9-5-10(8-13-14)7-11(6-9)15-12(2,3)4/h5-8,14H,1-4H3/b13-8+. The van der Waals surface area contributed by atoms with Gasteiger partial charge in [-0.15, -0.1) is 0 Å². The first kappa shape index (κ1) is 11.6. The number of rotatable bonds is 2. The van der Waals surface area contributed by atoms with Crippen molar-refractivity contribution >= 4 is 6.21 Å². The van der Waals surface area contributed by atoms with Crippen molar-refractivity contribution in [2.24, 2.45) is 5.16 Å². The van der Waals surface area contributed by atoms with Crippen molar-refractivity contribution in [3.8, 4) is 5.75 Å². The van der Waals surface area contributed by atoms with Gasteiger partial charge in [-0.25, -0.2) is 0 Å². The average Bonchev–Trinajstić information content (AvgIpc) is 1.99. The first-order valence-corrected chi connectivity index (χ1v) is 4.89. The van der Waals surface area contributed by atoms with Gasteiger partial charge in [-0.2, -0.15) is 0 Å². The Kier molecular flexibility index (Phi) is 3.35. The average molecular weight is 207 g/mol. The van der Waals surface area contributed by atoms with Gasteiger partial charge in [0.25, 0.3) is 0 Å². The van der Waals surface area contributed by atoms with E-state index in [1.54, 1.807) is 0 Å². The van der Waals surface area contributed by atoms with Gasteiger partial charge in [-0.05, 0) is 51.0 Å². The van der Waals surface area contributed by atoms with E-state index in [0.717, 1.165) is 16.9 Å². The Hall–Kier alpha value is -1.51. The van der Waals surface area contributed by atoms with Crippen molar-refractivity contribution in [2.75, 3.05) is 0 Å². The third-order valence-corrected chi connectivity index (χ3v) is 1.70. The molecule has 3 nitrogen and oxygen atoms in total. The predicted molar refractivity (Wildman–Crippen MR) is 60.9 cm³/mol. The van der Waals surface area contributed by atoms with Crippen LogP contribution in [0.15, 0.2) is 23.4 Å². The smallest absolute Gasteiger partial charge is 0.121 e. The second-order valence-corrected chi connectivity index (χ2v) is 4.54. The van der Waals surface area contributed by atoms with E-state index in [1.807, 2.05) is 45.9 Å². The summed E-state index contributed by atoms with van der Waals surface area (Å²) >= 11 is 0. The van der Waals surface area contributed by atoms with Crippen molar-refractivity contribution in [1.29, 1.82) is 0 Å². The minimum Gasteiger partial charge on any atom is -0.488 e. The van der Waals surface area contributed by atoms with Gasteiger partial charge in [0.1, 0.15) is 11.4 Å². The quantitative estimate of drug-likeness (QED) is 0.460. The Balaban J connectivity index is 2.99. The fourth-order valence-electron chi connectivity index (χ4n) is 1.33. The van der Waals surface area contributed by atoms with Crippen molar-refractivity contribution < 1.29 is 9.94 Å². The summed E-state index contributed by atoms with van der Waals surface area (Å²) in [5, 5.41) is 11.5. The van der Waals surface area contributed by atoms with Crippen LogP contribution in [-0.2, 0) is 0 Å². The van der Waals surface area contributed by atoms with E-state index in [-0.39, 0.29) is 5.60 Å². The Labute approximate surface area is 90.4 Å². The molecule has 0 saturated carbocycles. The number of ether oxygens (including phenoxy) is 1. The molecule has 1 aromatic rings. The third kappa shape index (κ3) is 4.02. The maximum absolute atomic E-state index is 8.46. The van der Waals surface area contributed by atoms with Gasteiger partial charge in [0.05, 0.1) is 6.21 Å². The van der Waals surface area contributed by atoms with E-state index in [1.165, 1.54) is 6.21 Å². The molecule has 0 aliphatic rings. The van der Waals surface area contributed by atoms with Crippen LogP contribution in [0.25, 0.3) is 0 Å². The summed E-state index contributed by atoms with van der Waals surface area (Å²) in [4.78, 5) is 0. The van der Waals surface area contributed by atoms with Gasteiger partial charge >= 0.3 is 0 Å². The molecule has 0 atom stereocenters. The molecule has 15 heavy (non-hydrogen) atoms. The summed E-state index contributed by atoms with van der Waals surface area (Å²) in [6.07, 6.45) is 1.39. The molecule has 0 aliphatic carbocycles. The number of hydrogen-bond acceptors (Lipinski definition) is 3. The van der Waals surface area contributed by atoms with Crippen molar-refractivity contribution in [2.45, 2.75) is 33.3 Å². The molecule has 0 bridgehead atoms. The Morgan fingerprint density at radius 2 is 1.93 bits per heavy atom. The zero-order valence-corrected chi connectivity index (χ0v) is 9.61. The topological polar surface area (TPSA) is 41.8 Å². The predicted octanol–water partition coefficient (Wildman–Crippen LogP) is 2.98.